The van der Waals surface area contributed by atoms with Crippen LogP contribution in [0.25, 0.3) is 0 Å². The molecule has 0 spiro atoms. The molecule has 0 bridgehead atoms. The van der Waals surface area contributed by atoms with Crippen molar-refractivity contribution in [3.05, 3.63) is 35.6 Å². The second-order valence-corrected chi connectivity index (χ2v) is 5.05. The van der Waals surface area contributed by atoms with E-state index in [1.807, 2.05) is 0 Å². The molecule has 0 unspecified atom stereocenters. The Balaban J connectivity index is 1.98. The highest BCUT2D eigenvalue weighted by atomic mass is 19.4. The molecule has 1 aromatic rings. The lowest BCUT2D eigenvalue weighted by atomic mass is 10.2. The van der Waals surface area contributed by atoms with E-state index in [2.05, 4.69) is 0 Å². The Labute approximate surface area is 120 Å². The summed E-state index contributed by atoms with van der Waals surface area (Å²) < 4.78 is 50.2. The predicted molar refractivity (Wildman–Crippen MR) is 69.4 cm³/mol. The van der Waals surface area contributed by atoms with Crippen LogP contribution >= 0.6 is 0 Å². The molecule has 0 radical (unpaired) electrons. The van der Waals surface area contributed by atoms with E-state index in [1.165, 1.54) is 28.0 Å². The lowest BCUT2D eigenvalue weighted by Crippen LogP contribution is -2.38. The molecule has 3 nitrogen and oxygen atoms in total. The fourth-order valence-electron chi connectivity index (χ4n) is 2.39. The summed E-state index contributed by atoms with van der Waals surface area (Å²) in [5, 5.41) is 0. The Bertz CT molecular complexity index is 504. The highest BCUT2D eigenvalue weighted by Crippen LogP contribution is 2.18. The summed E-state index contributed by atoms with van der Waals surface area (Å²) >= 11 is 0. The van der Waals surface area contributed by atoms with Gasteiger partial charge >= 0.3 is 6.18 Å². The Kier molecular flexibility index (Phi) is 4.82. The van der Waals surface area contributed by atoms with E-state index < -0.39 is 18.5 Å². The summed E-state index contributed by atoms with van der Waals surface area (Å²) in [5.41, 5.74) is 0.222. The number of hydrogen-bond donors (Lipinski definition) is 0. The van der Waals surface area contributed by atoms with Crippen LogP contribution in [-0.2, 0) is 0 Å². The summed E-state index contributed by atoms with van der Waals surface area (Å²) in [7, 11) is 0. The summed E-state index contributed by atoms with van der Waals surface area (Å²) in [6, 6.07) is 5.32. The average molecular weight is 304 g/mol. The van der Waals surface area contributed by atoms with E-state index in [0.29, 0.717) is 19.5 Å². The molecule has 0 aliphatic carbocycles. The van der Waals surface area contributed by atoms with Gasteiger partial charge in [-0.3, -0.25) is 9.69 Å². The highest BCUT2D eigenvalue weighted by molar-refractivity contribution is 5.94. The third kappa shape index (κ3) is 4.70. The molecule has 0 atom stereocenters. The number of hydrogen-bond acceptors (Lipinski definition) is 2. The number of carbonyl (C=O) groups is 1. The Morgan fingerprint density at radius 3 is 2.57 bits per heavy atom. The van der Waals surface area contributed by atoms with E-state index in [4.69, 9.17) is 0 Å². The first-order valence-corrected chi connectivity index (χ1v) is 6.69. The van der Waals surface area contributed by atoms with Crippen LogP contribution in [0.2, 0.25) is 0 Å². The predicted octanol–water partition coefficient (Wildman–Crippen LogP) is 2.54. The van der Waals surface area contributed by atoms with Gasteiger partial charge in [-0.05, 0) is 24.6 Å². The van der Waals surface area contributed by atoms with Crippen molar-refractivity contribution in [1.29, 1.82) is 0 Å². The molecule has 0 saturated carbocycles. The van der Waals surface area contributed by atoms with Gasteiger partial charge < -0.3 is 4.90 Å². The number of alkyl halides is 3. The lowest BCUT2D eigenvalue weighted by molar-refractivity contribution is -0.145. The number of halogens is 4. The topological polar surface area (TPSA) is 23.6 Å². The summed E-state index contributed by atoms with van der Waals surface area (Å²) in [4.78, 5) is 15.0. The van der Waals surface area contributed by atoms with Crippen LogP contribution in [0.15, 0.2) is 24.3 Å². The second kappa shape index (κ2) is 6.43. The highest BCUT2D eigenvalue weighted by Gasteiger charge is 2.31. The fourth-order valence-corrected chi connectivity index (χ4v) is 2.39. The van der Waals surface area contributed by atoms with E-state index in [1.54, 1.807) is 0 Å². The standard InChI is InChI=1S/C14H16F4N2O/c15-12-4-1-3-11(9-12)13(21)20-6-2-5-19(7-8-20)10-14(16,17)18/h1,3-4,9H,2,5-8,10H2. The smallest absolute Gasteiger partial charge is 0.337 e. The zero-order valence-corrected chi connectivity index (χ0v) is 11.4. The summed E-state index contributed by atoms with van der Waals surface area (Å²) in [6.45, 7) is 0.0944. The summed E-state index contributed by atoms with van der Waals surface area (Å²) in [5.74, 6) is -0.849. The van der Waals surface area contributed by atoms with Crippen molar-refractivity contribution >= 4 is 5.91 Å². The molecule has 1 aromatic carbocycles. The van der Waals surface area contributed by atoms with Crippen molar-refractivity contribution in [2.75, 3.05) is 32.7 Å². The van der Waals surface area contributed by atoms with Crippen LogP contribution in [0.4, 0.5) is 17.6 Å². The largest absolute Gasteiger partial charge is 0.401 e. The van der Waals surface area contributed by atoms with Crippen LogP contribution in [0, 0.1) is 5.82 Å². The molecular formula is C14H16F4N2O. The zero-order chi connectivity index (χ0) is 15.5. The van der Waals surface area contributed by atoms with Crippen LogP contribution < -0.4 is 0 Å². The first kappa shape index (κ1) is 15.8. The van der Waals surface area contributed by atoms with Crippen molar-refractivity contribution in [1.82, 2.24) is 9.80 Å². The van der Waals surface area contributed by atoms with Gasteiger partial charge in [-0.25, -0.2) is 4.39 Å². The molecule has 1 heterocycles. The van der Waals surface area contributed by atoms with Crippen LogP contribution in [0.3, 0.4) is 0 Å². The molecule has 1 aliphatic rings. The Morgan fingerprint density at radius 1 is 1.14 bits per heavy atom. The quantitative estimate of drug-likeness (QED) is 0.784. The molecule has 0 N–H and O–H groups in total. The minimum absolute atomic E-state index is 0.167. The normalized spacial score (nSPS) is 17.6. The number of carbonyl (C=O) groups excluding carboxylic acids is 1. The molecule has 1 amide bonds. The molecule has 2 rings (SSSR count). The lowest BCUT2D eigenvalue weighted by Gasteiger charge is -2.22. The monoisotopic (exact) mass is 304 g/mol. The van der Waals surface area contributed by atoms with Gasteiger partial charge in [-0.2, -0.15) is 13.2 Å². The maximum Gasteiger partial charge on any atom is 0.401 e. The van der Waals surface area contributed by atoms with E-state index in [9.17, 15) is 22.4 Å². The molecule has 1 fully saturated rings. The zero-order valence-electron chi connectivity index (χ0n) is 11.4. The molecular weight excluding hydrogens is 288 g/mol. The molecule has 116 valence electrons. The van der Waals surface area contributed by atoms with Gasteiger partial charge in [0.15, 0.2) is 0 Å². The number of rotatable bonds is 2. The van der Waals surface area contributed by atoms with Crippen molar-refractivity contribution < 1.29 is 22.4 Å². The van der Waals surface area contributed by atoms with E-state index in [-0.39, 0.29) is 24.6 Å². The third-order valence-corrected chi connectivity index (χ3v) is 3.35. The van der Waals surface area contributed by atoms with Gasteiger partial charge in [-0.15, -0.1) is 0 Å². The van der Waals surface area contributed by atoms with Crippen molar-refractivity contribution in [3.63, 3.8) is 0 Å². The average Bonchev–Trinajstić information content (AvgIpc) is 2.61. The van der Waals surface area contributed by atoms with Gasteiger partial charge in [-0.1, -0.05) is 6.07 Å². The molecule has 21 heavy (non-hydrogen) atoms. The van der Waals surface area contributed by atoms with E-state index >= 15 is 0 Å². The van der Waals surface area contributed by atoms with E-state index in [0.717, 1.165) is 6.07 Å². The van der Waals surface area contributed by atoms with Crippen LogP contribution in [-0.4, -0.2) is 54.6 Å². The molecule has 1 aliphatic heterocycles. The van der Waals surface area contributed by atoms with Crippen LogP contribution in [0.1, 0.15) is 16.8 Å². The van der Waals surface area contributed by atoms with Crippen molar-refractivity contribution in [2.45, 2.75) is 12.6 Å². The van der Waals surface area contributed by atoms with Gasteiger partial charge in [0.05, 0.1) is 6.54 Å². The Hall–Kier alpha value is -1.63. The maximum atomic E-state index is 13.1. The third-order valence-electron chi connectivity index (χ3n) is 3.35. The minimum atomic E-state index is -4.23. The molecule has 7 heteroatoms. The molecule has 0 aromatic heterocycles. The first-order valence-electron chi connectivity index (χ1n) is 6.69. The number of nitrogens with zero attached hydrogens (tertiary/aromatic N) is 2. The van der Waals surface area contributed by atoms with Gasteiger partial charge in [0.2, 0.25) is 0 Å². The first-order chi connectivity index (χ1) is 9.85. The fraction of sp³-hybridized carbons (Fsp3) is 0.500. The molecule has 1 saturated heterocycles. The number of benzene rings is 1. The van der Waals surface area contributed by atoms with Crippen molar-refractivity contribution in [2.24, 2.45) is 0 Å². The minimum Gasteiger partial charge on any atom is -0.337 e. The van der Waals surface area contributed by atoms with Gasteiger partial charge in [0.25, 0.3) is 5.91 Å². The van der Waals surface area contributed by atoms with Crippen molar-refractivity contribution in [3.8, 4) is 0 Å². The number of amides is 1. The van der Waals surface area contributed by atoms with Gasteiger partial charge in [0, 0.05) is 31.7 Å². The van der Waals surface area contributed by atoms with Crippen LogP contribution in [0.5, 0.6) is 0 Å². The SMILES string of the molecule is O=C(c1cccc(F)c1)N1CCCN(CC(F)(F)F)CC1. The van der Waals surface area contributed by atoms with Gasteiger partial charge in [0.1, 0.15) is 5.82 Å². The maximum absolute atomic E-state index is 13.1. The Morgan fingerprint density at radius 2 is 1.90 bits per heavy atom. The summed E-state index contributed by atoms with van der Waals surface area (Å²) in [6.07, 6.45) is -3.77. The second-order valence-electron chi connectivity index (χ2n) is 5.05.